The van der Waals surface area contributed by atoms with Gasteiger partial charge >= 0.3 is 5.97 Å². The first-order valence-electron chi connectivity index (χ1n) is 10.2. The molecule has 4 nitrogen and oxygen atoms in total. The van der Waals surface area contributed by atoms with Gasteiger partial charge in [-0.05, 0) is 39.7 Å². The fraction of sp³-hybridized carbons (Fsp3) is 0.0370. The van der Waals surface area contributed by atoms with E-state index < -0.39 is 5.97 Å². The Morgan fingerprint density at radius 2 is 1.45 bits per heavy atom. The Hall–Kier alpha value is -4.18. The van der Waals surface area contributed by atoms with Crippen molar-refractivity contribution in [3.05, 3.63) is 90.6 Å². The summed E-state index contributed by atoms with van der Waals surface area (Å²) in [5, 5.41) is 16.1. The van der Waals surface area contributed by atoms with E-state index in [0.29, 0.717) is 5.69 Å². The number of nitrogens with zero attached hydrogens (tertiary/aromatic N) is 1. The minimum atomic E-state index is -0.888. The van der Waals surface area contributed by atoms with Crippen molar-refractivity contribution >= 4 is 49.3 Å². The molecule has 0 fully saturated rings. The summed E-state index contributed by atoms with van der Waals surface area (Å²) in [5.41, 5.74) is 4.27. The summed E-state index contributed by atoms with van der Waals surface area (Å²) < 4.78 is 0. The Morgan fingerprint density at radius 3 is 2.26 bits per heavy atom. The molecule has 0 spiro atoms. The molecule has 2 N–H and O–H groups in total. The van der Waals surface area contributed by atoms with Crippen LogP contribution in [0.4, 0.5) is 0 Å². The molecule has 0 atom stereocenters. The molecule has 0 saturated carbocycles. The SMILES string of the molecule is O=C(O)Cc1cc2c([nH]c3ccccc32)c(-c2cc3ccccc3c3ccccc23)n1. The van der Waals surface area contributed by atoms with Crippen LogP contribution in [0.15, 0.2) is 84.9 Å². The van der Waals surface area contributed by atoms with Crippen LogP contribution in [0, 0.1) is 0 Å². The number of aromatic nitrogens is 2. The summed E-state index contributed by atoms with van der Waals surface area (Å²) in [5.74, 6) is -0.888. The largest absolute Gasteiger partial charge is 0.481 e. The first-order chi connectivity index (χ1) is 15.2. The van der Waals surface area contributed by atoms with Gasteiger partial charge in [0.1, 0.15) is 0 Å². The summed E-state index contributed by atoms with van der Waals surface area (Å²) >= 11 is 0. The maximum absolute atomic E-state index is 11.5. The van der Waals surface area contributed by atoms with Crippen LogP contribution < -0.4 is 0 Å². The molecule has 4 heteroatoms. The smallest absolute Gasteiger partial charge is 0.309 e. The average Bonchev–Trinajstić information content (AvgIpc) is 3.16. The van der Waals surface area contributed by atoms with Crippen LogP contribution in [0.25, 0.3) is 54.6 Å². The van der Waals surface area contributed by atoms with Crippen LogP contribution in [-0.2, 0) is 11.2 Å². The summed E-state index contributed by atoms with van der Waals surface area (Å²) in [7, 11) is 0. The molecule has 2 aromatic heterocycles. The highest BCUT2D eigenvalue weighted by atomic mass is 16.4. The number of carbonyl (C=O) groups is 1. The molecule has 148 valence electrons. The monoisotopic (exact) mass is 402 g/mol. The zero-order valence-electron chi connectivity index (χ0n) is 16.6. The molecule has 0 aliphatic carbocycles. The third-order valence-corrected chi connectivity index (χ3v) is 5.90. The number of carboxylic acid groups (broad SMARTS) is 1. The molecule has 0 bridgehead atoms. The number of para-hydroxylation sites is 1. The standard InChI is InChI=1S/C27H18N2O2/c30-25(31)15-17-14-23-21-11-5-6-12-24(21)29-27(23)26(28-17)22-13-16-7-1-2-8-18(16)19-9-3-4-10-20(19)22/h1-14,29H,15H2,(H,30,31). The number of aliphatic carboxylic acids is 1. The van der Waals surface area contributed by atoms with E-state index >= 15 is 0 Å². The van der Waals surface area contributed by atoms with Crippen molar-refractivity contribution in [2.75, 3.05) is 0 Å². The lowest BCUT2D eigenvalue weighted by Gasteiger charge is -2.12. The topological polar surface area (TPSA) is 66.0 Å². The van der Waals surface area contributed by atoms with Gasteiger partial charge in [-0.15, -0.1) is 0 Å². The molecule has 0 saturated heterocycles. The Balaban J connectivity index is 1.78. The van der Waals surface area contributed by atoms with Gasteiger partial charge in [0.15, 0.2) is 0 Å². The van der Waals surface area contributed by atoms with Gasteiger partial charge in [-0.3, -0.25) is 4.79 Å². The lowest BCUT2D eigenvalue weighted by atomic mass is 9.94. The minimum Gasteiger partial charge on any atom is -0.481 e. The van der Waals surface area contributed by atoms with Gasteiger partial charge in [-0.25, -0.2) is 4.98 Å². The zero-order valence-corrected chi connectivity index (χ0v) is 16.6. The van der Waals surface area contributed by atoms with Crippen molar-refractivity contribution in [2.45, 2.75) is 6.42 Å². The molecule has 0 aliphatic rings. The molecule has 6 aromatic rings. The summed E-state index contributed by atoms with van der Waals surface area (Å²) in [6, 6.07) is 28.8. The van der Waals surface area contributed by atoms with Gasteiger partial charge in [-0.2, -0.15) is 0 Å². The van der Waals surface area contributed by atoms with Crippen LogP contribution in [0.3, 0.4) is 0 Å². The number of hydrogen-bond donors (Lipinski definition) is 2. The number of nitrogens with one attached hydrogen (secondary N) is 1. The average molecular weight is 402 g/mol. The lowest BCUT2D eigenvalue weighted by molar-refractivity contribution is -0.136. The van der Waals surface area contributed by atoms with E-state index in [-0.39, 0.29) is 6.42 Å². The molecule has 0 amide bonds. The first-order valence-corrected chi connectivity index (χ1v) is 10.2. The molecule has 31 heavy (non-hydrogen) atoms. The van der Waals surface area contributed by atoms with Crippen LogP contribution >= 0.6 is 0 Å². The Kier molecular flexibility index (Phi) is 3.80. The van der Waals surface area contributed by atoms with Gasteiger partial charge in [-0.1, -0.05) is 66.7 Å². The quantitative estimate of drug-likeness (QED) is 0.341. The maximum atomic E-state index is 11.5. The third-order valence-electron chi connectivity index (χ3n) is 5.90. The predicted molar refractivity (Wildman–Crippen MR) is 125 cm³/mol. The van der Waals surface area contributed by atoms with Gasteiger partial charge in [0, 0.05) is 21.9 Å². The van der Waals surface area contributed by atoms with Crippen molar-refractivity contribution in [2.24, 2.45) is 0 Å². The van der Waals surface area contributed by atoms with Gasteiger partial charge in [0.2, 0.25) is 0 Å². The van der Waals surface area contributed by atoms with Crippen LogP contribution in [0.2, 0.25) is 0 Å². The van der Waals surface area contributed by atoms with Gasteiger partial charge in [0.25, 0.3) is 0 Å². The van der Waals surface area contributed by atoms with Crippen molar-refractivity contribution in [1.82, 2.24) is 9.97 Å². The van der Waals surface area contributed by atoms with E-state index in [4.69, 9.17) is 4.98 Å². The highest BCUT2D eigenvalue weighted by Crippen LogP contribution is 2.38. The number of benzene rings is 4. The number of aromatic amines is 1. The predicted octanol–water partition coefficient (Wildman–Crippen LogP) is 6.32. The minimum absolute atomic E-state index is 0.117. The fourth-order valence-electron chi connectivity index (χ4n) is 4.59. The van der Waals surface area contributed by atoms with Crippen LogP contribution in [0.5, 0.6) is 0 Å². The summed E-state index contributed by atoms with van der Waals surface area (Å²) in [6.45, 7) is 0. The van der Waals surface area contributed by atoms with Crippen molar-refractivity contribution in [3.63, 3.8) is 0 Å². The highest BCUT2D eigenvalue weighted by Gasteiger charge is 2.17. The van der Waals surface area contributed by atoms with Crippen molar-refractivity contribution in [1.29, 1.82) is 0 Å². The number of rotatable bonds is 3. The number of carboxylic acids is 1. The third kappa shape index (κ3) is 2.76. The molecule has 0 unspecified atom stereocenters. The van der Waals surface area contributed by atoms with E-state index in [1.807, 2.05) is 42.5 Å². The van der Waals surface area contributed by atoms with E-state index in [9.17, 15) is 9.90 Å². The second-order valence-electron chi connectivity index (χ2n) is 7.82. The molecular weight excluding hydrogens is 384 g/mol. The number of fused-ring (bicyclic) bond motifs is 6. The Bertz CT molecular complexity index is 1650. The second kappa shape index (κ2) is 6.67. The van der Waals surface area contributed by atoms with E-state index in [1.165, 1.54) is 5.39 Å². The number of hydrogen-bond acceptors (Lipinski definition) is 2. The van der Waals surface area contributed by atoms with Crippen molar-refractivity contribution < 1.29 is 9.90 Å². The molecule has 4 aromatic carbocycles. The normalized spacial score (nSPS) is 11.6. The highest BCUT2D eigenvalue weighted by molar-refractivity contribution is 6.18. The fourth-order valence-corrected chi connectivity index (χ4v) is 4.59. The first kappa shape index (κ1) is 17.7. The lowest BCUT2D eigenvalue weighted by Crippen LogP contribution is -2.03. The van der Waals surface area contributed by atoms with Crippen molar-refractivity contribution in [3.8, 4) is 11.3 Å². The zero-order chi connectivity index (χ0) is 20.9. The number of pyridine rings is 1. The molecule has 0 aliphatic heterocycles. The second-order valence-corrected chi connectivity index (χ2v) is 7.82. The number of H-pyrrole nitrogens is 1. The van der Waals surface area contributed by atoms with Gasteiger partial charge < -0.3 is 10.1 Å². The van der Waals surface area contributed by atoms with Crippen LogP contribution in [-0.4, -0.2) is 21.0 Å². The molecular formula is C27H18N2O2. The Labute approximate surface area is 177 Å². The van der Waals surface area contributed by atoms with E-state index in [0.717, 1.165) is 49.2 Å². The van der Waals surface area contributed by atoms with Crippen LogP contribution in [0.1, 0.15) is 5.69 Å². The van der Waals surface area contributed by atoms with E-state index in [1.54, 1.807) is 0 Å². The molecule has 6 rings (SSSR count). The Morgan fingerprint density at radius 1 is 0.774 bits per heavy atom. The van der Waals surface area contributed by atoms with Gasteiger partial charge in [0.05, 0.1) is 23.3 Å². The summed E-state index contributed by atoms with van der Waals surface area (Å²) in [4.78, 5) is 19.9. The van der Waals surface area contributed by atoms with E-state index in [2.05, 4.69) is 47.4 Å². The molecule has 0 radical (unpaired) electrons. The summed E-state index contributed by atoms with van der Waals surface area (Å²) in [6.07, 6.45) is -0.117. The maximum Gasteiger partial charge on any atom is 0.309 e. The molecule has 2 heterocycles.